The zero-order chi connectivity index (χ0) is 21.1. The third kappa shape index (κ3) is 2.50. The van der Waals surface area contributed by atoms with Crippen LogP contribution in [0.4, 0.5) is 0 Å². The van der Waals surface area contributed by atoms with Crippen LogP contribution < -0.4 is 0 Å². The van der Waals surface area contributed by atoms with Gasteiger partial charge in [0.25, 0.3) is 0 Å². The van der Waals surface area contributed by atoms with Crippen LogP contribution in [0.25, 0.3) is 0 Å². The molecule has 4 rings (SSSR count). The van der Waals surface area contributed by atoms with Crippen molar-refractivity contribution in [1.29, 1.82) is 0 Å². The van der Waals surface area contributed by atoms with Gasteiger partial charge in [0.05, 0.1) is 23.8 Å². The van der Waals surface area contributed by atoms with E-state index in [0.29, 0.717) is 5.56 Å². The number of aliphatic hydroxyl groups is 1. The maximum Gasteiger partial charge on any atom is 0.316 e. The molecule has 0 radical (unpaired) electrons. The van der Waals surface area contributed by atoms with Crippen molar-refractivity contribution >= 4 is 17.5 Å². The summed E-state index contributed by atoms with van der Waals surface area (Å²) in [6, 6.07) is 5.59. The molecule has 2 aromatic rings. The van der Waals surface area contributed by atoms with Gasteiger partial charge < -0.3 is 20.1 Å². The normalized spacial score (nSPS) is 22.5. The number of phenolic OH excluding ortho intramolecular Hbond substituents is 2. The molecule has 2 unspecified atom stereocenters. The molecule has 0 aromatic heterocycles. The Kier molecular flexibility index (Phi) is 4.24. The topological polar surface area (TPSA) is 121 Å². The van der Waals surface area contributed by atoms with Crippen LogP contribution in [0.15, 0.2) is 24.3 Å². The monoisotopic (exact) mass is 396 g/mol. The summed E-state index contributed by atoms with van der Waals surface area (Å²) in [7, 11) is 1.21. The fourth-order valence-electron chi connectivity index (χ4n) is 4.52. The van der Waals surface area contributed by atoms with Crippen LogP contribution in [0.1, 0.15) is 68.7 Å². The summed E-state index contributed by atoms with van der Waals surface area (Å²) < 4.78 is 4.88. The molecule has 2 aromatic carbocycles. The standard InChI is InChI=1S/C22H20O7/c1-3-22(28)8-7-10-12(17(22)21(27)29-2)9-13-16(19(10)25)20(26)15-11(18(13)24)5-4-6-14(15)23/h4-6,9,17,23,25,28H,3,7-8H2,1-2H3. The highest BCUT2D eigenvalue weighted by molar-refractivity contribution is 6.30. The summed E-state index contributed by atoms with van der Waals surface area (Å²) in [6.07, 6.45) is 0.682. The molecule has 2 aliphatic carbocycles. The number of carbonyl (C=O) groups excluding carboxylic acids is 3. The zero-order valence-corrected chi connectivity index (χ0v) is 16.0. The third-order valence-corrected chi connectivity index (χ3v) is 6.13. The van der Waals surface area contributed by atoms with E-state index in [1.165, 1.54) is 31.4 Å². The molecule has 2 aliphatic rings. The predicted octanol–water partition coefficient (Wildman–Crippen LogP) is 2.22. The average Bonchev–Trinajstić information content (AvgIpc) is 2.71. The summed E-state index contributed by atoms with van der Waals surface area (Å²) in [6.45, 7) is 1.74. The summed E-state index contributed by atoms with van der Waals surface area (Å²) in [4.78, 5) is 38.6. The molecular formula is C22H20O7. The predicted molar refractivity (Wildman–Crippen MR) is 101 cm³/mol. The van der Waals surface area contributed by atoms with Gasteiger partial charge in [0, 0.05) is 11.1 Å². The highest BCUT2D eigenvalue weighted by Crippen LogP contribution is 2.48. The lowest BCUT2D eigenvalue weighted by molar-refractivity contribution is -0.151. The Bertz CT molecular complexity index is 1090. The third-order valence-electron chi connectivity index (χ3n) is 6.13. The van der Waals surface area contributed by atoms with Crippen LogP contribution in [0.2, 0.25) is 0 Å². The number of esters is 1. The Labute approximate surface area is 166 Å². The van der Waals surface area contributed by atoms with E-state index >= 15 is 0 Å². The summed E-state index contributed by atoms with van der Waals surface area (Å²) in [5.74, 6) is -3.70. The SMILES string of the molecule is CCC1(O)CCc2c(cc3c(c2O)C(=O)c2c(O)cccc2C3=O)C1C(=O)OC. The van der Waals surface area contributed by atoms with Gasteiger partial charge in [0.2, 0.25) is 5.78 Å². The van der Waals surface area contributed by atoms with Crippen molar-refractivity contribution < 1.29 is 34.4 Å². The Morgan fingerprint density at radius 2 is 1.90 bits per heavy atom. The van der Waals surface area contributed by atoms with Gasteiger partial charge >= 0.3 is 5.97 Å². The summed E-state index contributed by atoms with van der Waals surface area (Å²) in [5, 5.41) is 32.0. The Balaban J connectivity index is 2.01. The number of aromatic hydroxyl groups is 2. The second-order valence-electron chi connectivity index (χ2n) is 7.49. The second-order valence-corrected chi connectivity index (χ2v) is 7.49. The van der Waals surface area contributed by atoms with E-state index in [9.17, 15) is 29.7 Å². The van der Waals surface area contributed by atoms with Gasteiger partial charge in [-0.1, -0.05) is 19.1 Å². The fourth-order valence-corrected chi connectivity index (χ4v) is 4.52. The molecule has 3 N–H and O–H groups in total. The molecule has 0 spiro atoms. The smallest absolute Gasteiger partial charge is 0.316 e. The number of hydrogen-bond acceptors (Lipinski definition) is 7. The van der Waals surface area contributed by atoms with E-state index in [4.69, 9.17) is 4.74 Å². The molecule has 7 nitrogen and oxygen atoms in total. The van der Waals surface area contributed by atoms with Gasteiger partial charge in [0.15, 0.2) is 5.78 Å². The van der Waals surface area contributed by atoms with Crippen LogP contribution in [-0.4, -0.2) is 45.6 Å². The van der Waals surface area contributed by atoms with Crippen molar-refractivity contribution in [2.24, 2.45) is 0 Å². The van der Waals surface area contributed by atoms with Crippen molar-refractivity contribution in [2.75, 3.05) is 7.11 Å². The van der Waals surface area contributed by atoms with Crippen LogP contribution >= 0.6 is 0 Å². The molecule has 2 atom stereocenters. The zero-order valence-electron chi connectivity index (χ0n) is 16.0. The molecule has 0 fully saturated rings. The van der Waals surface area contributed by atoms with Gasteiger partial charge in [-0.3, -0.25) is 14.4 Å². The number of ketones is 2. The highest BCUT2D eigenvalue weighted by atomic mass is 16.5. The lowest BCUT2D eigenvalue weighted by Gasteiger charge is -2.40. The number of carbonyl (C=O) groups is 3. The van der Waals surface area contributed by atoms with Gasteiger partial charge in [0.1, 0.15) is 17.4 Å². The fraction of sp³-hybridized carbons (Fsp3) is 0.318. The van der Waals surface area contributed by atoms with E-state index < -0.39 is 34.8 Å². The van der Waals surface area contributed by atoms with Crippen LogP contribution in [0.5, 0.6) is 11.5 Å². The van der Waals surface area contributed by atoms with Crippen molar-refractivity contribution in [3.63, 3.8) is 0 Å². The minimum absolute atomic E-state index is 0.0260. The van der Waals surface area contributed by atoms with Crippen molar-refractivity contribution in [2.45, 2.75) is 37.7 Å². The largest absolute Gasteiger partial charge is 0.507 e. The van der Waals surface area contributed by atoms with Crippen LogP contribution in [0.3, 0.4) is 0 Å². The molecule has 150 valence electrons. The average molecular weight is 396 g/mol. The molecular weight excluding hydrogens is 376 g/mol. The van der Waals surface area contributed by atoms with Gasteiger partial charge in [-0.2, -0.15) is 0 Å². The highest BCUT2D eigenvalue weighted by Gasteiger charge is 2.48. The first-order chi connectivity index (χ1) is 13.7. The minimum Gasteiger partial charge on any atom is -0.507 e. The molecule has 29 heavy (non-hydrogen) atoms. The van der Waals surface area contributed by atoms with Gasteiger partial charge in [-0.25, -0.2) is 0 Å². The van der Waals surface area contributed by atoms with Crippen molar-refractivity contribution in [3.8, 4) is 11.5 Å². The number of ether oxygens (including phenoxy) is 1. The number of rotatable bonds is 2. The lowest BCUT2D eigenvalue weighted by Crippen LogP contribution is -2.44. The van der Waals surface area contributed by atoms with Crippen molar-refractivity contribution in [3.05, 3.63) is 57.6 Å². The van der Waals surface area contributed by atoms with E-state index in [1.54, 1.807) is 6.92 Å². The van der Waals surface area contributed by atoms with E-state index in [2.05, 4.69) is 0 Å². The summed E-state index contributed by atoms with van der Waals surface area (Å²) in [5.41, 5.74) is -1.14. The first-order valence-electron chi connectivity index (χ1n) is 9.35. The van der Waals surface area contributed by atoms with Crippen molar-refractivity contribution in [1.82, 2.24) is 0 Å². The molecule has 0 saturated heterocycles. The first kappa shape index (κ1) is 19.1. The number of methoxy groups -OCH3 is 1. The lowest BCUT2D eigenvalue weighted by atomic mass is 9.68. The Morgan fingerprint density at radius 1 is 1.17 bits per heavy atom. The molecule has 0 saturated carbocycles. The Hall–Kier alpha value is -3.19. The van der Waals surface area contributed by atoms with E-state index in [-0.39, 0.29) is 52.8 Å². The Morgan fingerprint density at radius 3 is 2.55 bits per heavy atom. The molecule has 0 aliphatic heterocycles. The first-order valence-corrected chi connectivity index (χ1v) is 9.35. The minimum atomic E-state index is -1.39. The summed E-state index contributed by atoms with van der Waals surface area (Å²) >= 11 is 0. The molecule has 7 heteroatoms. The van der Waals surface area contributed by atoms with Gasteiger partial charge in [-0.05, 0) is 42.5 Å². The number of hydrogen-bond donors (Lipinski definition) is 3. The molecule has 0 amide bonds. The van der Waals surface area contributed by atoms with E-state index in [0.717, 1.165) is 0 Å². The van der Waals surface area contributed by atoms with Gasteiger partial charge in [-0.15, -0.1) is 0 Å². The van der Waals surface area contributed by atoms with Crippen LogP contribution in [0, 0.1) is 0 Å². The quantitative estimate of drug-likeness (QED) is 0.568. The molecule has 0 bridgehead atoms. The number of fused-ring (bicyclic) bond motifs is 3. The van der Waals surface area contributed by atoms with E-state index in [1.807, 2.05) is 0 Å². The maximum absolute atomic E-state index is 13.1. The second kappa shape index (κ2) is 6.42. The van der Waals surface area contributed by atoms with Crippen LogP contribution in [-0.2, 0) is 16.0 Å². The number of phenols is 2. The molecule has 0 heterocycles. The maximum atomic E-state index is 13.1. The number of benzene rings is 2.